The Hall–Kier alpha value is -5.57. The van der Waals surface area contributed by atoms with E-state index in [9.17, 15) is 50.1 Å². The molecule has 236 valence electrons. The zero-order valence-electron chi connectivity index (χ0n) is 23.2. The van der Waals surface area contributed by atoms with Crippen LogP contribution in [0, 0.1) is 0 Å². The maximum Gasteiger partial charge on any atom is 0.340 e. The van der Waals surface area contributed by atoms with Gasteiger partial charge in [0.1, 0.15) is 36.4 Å². The zero-order chi connectivity index (χ0) is 32.7. The predicted octanol–water partition coefficient (Wildman–Crippen LogP) is 1.70. The summed E-state index contributed by atoms with van der Waals surface area (Å²) in [5.74, 6) is -5.75. The molecule has 1 heterocycles. The summed E-state index contributed by atoms with van der Waals surface area (Å²) in [6.07, 6.45) is -4.21. The molecule has 1 fully saturated rings. The molecule has 1 saturated heterocycles. The molecule has 3 aromatic carbocycles. The van der Waals surface area contributed by atoms with Gasteiger partial charge < -0.3 is 54.7 Å². The summed E-state index contributed by atoms with van der Waals surface area (Å²) in [6.45, 7) is -0.646. The van der Waals surface area contributed by atoms with Crippen LogP contribution in [-0.2, 0) is 28.5 Å². The van der Waals surface area contributed by atoms with Gasteiger partial charge in [-0.15, -0.1) is 0 Å². The third-order valence-electron chi connectivity index (χ3n) is 6.43. The second-order valence-electron chi connectivity index (χ2n) is 9.67. The molecule has 0 spiro atoms. The molecule has 0 radical (unpaired) electrons. The van der Waals surface area contributed by atoms with Crippen LogP contribution >= 0.6 is 0 Å². The number of carbonyl (C=O) groups excluding carboxylic acids is 3. The van der Waals surface area contributed by atoms with Crippen LogP contribution in [0.1, 0.15) is 21.5 Å². The quantitative estimate of drug-likeness (QED) is 0.0778. The molecule has 1 aliphatic rings. The second kappa shape index (κ2) is 14.3. The minimum Gasteiger partial charge on any atom is -0.508 e. The van der Waals surface area contributed by atoms with Crippen molar-refractivity contribution in [3.63, 3.8) is 0 Å². The molecule has 14 heteroatoms. The van der Waals surface area contributed by atoms with Gasteiger partial charge >= 0.3 is 17.9 Å². The van der Waals surface area contributed by atoms with Crippen molar-refractivity contribution < 1.29 is 69.1 Å². The van der Waals surface area contributed by atoms with Crippen LogP contribution in [0.15, 0.2) is 72.8 Å². The number of esters is 3. The lowest BCUT2D eigenvalue weighted by atomic mass is 9.99. The Balaban J connectivity index is 1.49. The Kier molecular flexibility index (Phi) is 10.3. The van der Waals surface area contributed by atoms with E-state index >= 15 is 0 Å². The van der Waals surface area contributed by atoms with Gasteiger partial charge in [-0.1, -0.05) is 24.3 Å². The first-order valence-corrected chi connectivity index (χ1v) is 13.2. The minimum atomic E-state index is -1.93. The molecule has 7 N–H and O–H groups in total. The van der Waals surface area contributed by atoms with Gasteiger partial charge in [0.05, 0.1) is 5.56 Å². The van der Waals surface area contributed by atoms with Gasteiger partial charge in [0.15, 0.2) is 23.4 Å². The molecule has 0 amide bonds. The number of phenolic OH excluding ortho intramolecular Hbond substituents is 5. The van der Waals surface area contributed by atoms with Crippen LogP contribution < -0.4 is 0 Å². The molecular weight excluding hydrogens is 596 g/mol. The third-order valence-corrected chi connectivity index (χ3v) is 6.43. The summed E-state index contributed by atoms with van der Waals surface area (Å²) < 4.78 is 21.2. The first-order valence-electron chi connectivity index (χ1n) is 13.2. The Morgan fingerprint density at radius 3 is 1.76 bits per heavy atom. The first-order chi connectivity index (χ1) is 21.4. The minimum absolute atomic E-state index is 0.000267. The monoisotopic (exact) mass is 624 g/mol. The molecule has 0 bridgehead atoms. The number of hydrogen-bond acceptors (Lipinski definition) is 14. The fraction of sp³-hybridized carbons (Fsp3) is 0.194. The lowest BCUT2D eigenvalue weighted by Crippen LogP contribution is -2.61. The Morgan fingerprint density at radius 1 is 0.711 bits per heavy atom. The maximum atomic E-state index is 12.9. The van der Waals surface area contributed by atoms with E-state index in [-0.39, 0.29) is 11.5 Å². The average molecular weight is 625 g/mol. The number of aliphatic hydroxyl groups excluding tert-OH is 2. The highest BCUT2D eigenvalue weighted by atomic mass is 16.7. The molecule has 0 saturated carbocycles. The van der Waals surface area contributed by atoms with Gasteiger partial charge in [0, 0.05) is 12.2 Å². The third kappa shape index (κ3) is 8.51. The molecule has 0 aliphatic carbocycles. The molecular formula is C31H28O14. The van der Waals surface area contributed by atoms with Crippen LogP contribution in [0.25, 0.3) is 12.2 Å². The van der Waals surface area contributed by atoms with E-state index in [1.807, 2.05) is 0 Å². The number of aromatic hydroxyl groups is 5. The second-order valence-corrected chi connectivity index (χ2v) is 9.67. The number of hydrogen-bond donors (Lipinski definition) is 7. The maximum absolute atomic E-state index is 12.9. The van der Waals surface area contributed by atoms with Gasteiger partial charge in [-0.05, 0) is 59.7 Å². The van der Waals surface area contributed by atoms with Crippen LogP contribution in [-0.4, -0.2) is 91.0 Å². The van der Waals surface area contributed by atoms with E-state index in [2.05, 4.69) is 0 Å². The van der Waals surface area contributed by atoms with Crippen molar-refractivity contribution in [2.45, 2.75) is 30.7 Å². The van der Waals surface area contributed by atoms with Crippen LogP contribution in [0.5, 0.6) is 28.7 Å². The van der Waals surface area contributed by atoms with Crippen molar-refractivity contribution in [2.24, 2.45) is 0 Å². The van der Waals surface area contributed by atoms with E-state index < -0.39 is 78.0 Å². The molecule has 45 heavy (non-hydrogen) atoms. The first kappa shape index (κ1) is 32.3. The van der Waals surface area contributed by atoms with E-state index in [1.165, 1.54) is 60.7 Å². The molecule has 1 aliphatic heterocycles. The summed E-state index contributed by atoms with van der Waals surface area (Å²) >= 11 is 0. The van der Waals surface area contributed by atoms with Crippen LogP contribution in [0.4, 0.5) is 0 Å². The Bertz CT molecular complexity index is 1550. The van der Waals surface area contributed by atoms with E-state index in [0.717, 1.165) is 24.3 Å². The van der Waals surface area contributed by atoms with Crippen LogP contribution in [0.3, 0.4) is 0 Å². The molecule has 4 rings (SSSR count). The van der Waals surface area contributed by atoms with Gasteiger partial charge in [0.2, 0.25) is 6.29 Å². The van der Waals surface area contributed by atoms with Crippen molar-refractivity contribution >= 4 is 30.1 Å². The number of aliphatic hydroxyl groups is 2. The normalized spacial score (nSPS) is 21.4. The largest absolute Gasteiger partial charge is 0.508 e. The summed E-state index contributed by atoms with van der Waals surface area (Å²) in [5.41, 5.74) is 0.602. The molecule has 3 aromatic rings. The van der Waals surface area contributed by atoms with Crippen molar-refractivity contribution in [3.05, 3.63) is 89.5 Å². The fourth-order valence-corrected chi connectivity index (χ4v) is 4.04. The highest BCUT2D eigenvalue weighted by molar-refractivity contribution is 5.91. The standard InChI is InChI=1S/C31H28O14/c32-19-7-1-16(2-8-19)5-11-24(36)42-15-23-27(39)28(40)29(44-25(37)12-6-17-3-9-20(33)10-4-17)31(43-23)45-30(41)18-13-21(34)26(38)22(35)14-18/h1-14,23,27-29,31-35,38-40H,15H2/b11-5+,12-6+/t23-,27-,28+,29-,31+/m0/s1. The summed E-state index contributed by atoms with van der Waals surface area (Å²) in [5, 5.41) is 69.4. The van der Waals surface area contributed by atoms with Crippen molar-refractivity contribution in [1.82, 2.24) is 0 Å². The van der Waals surface area contributed by atoms with Crippen molar-refractivity contribution in [2.75, 3.05) is 6.61 Å². The van der Waals surface area contributed by atoms with Gasteiger partial charge in [-0.3, -0.25) is 0 Å². The number of carbonyl (C=O) groups is 3. The van der Waals surface area contributed by atoms with E-state index in [4.69, 9.17) is 18.9 Å². The summed E-state index contributed by atoms with van der Waals surface area (Å²) in [4.78, 5) is 37.7. The number of ether oxygens (including phenoxy) is 4. The molecule has 14 nitrogen and oxygen atoms in total. The lowest BCUT2D eigenvalue weighted by molar-refractivity contribution is -0.289. The van der Waals surface area contributed by atoms with Crippen LogP contribution in [0.2, 0.25) is 0 Å². The molecule has 5 atom stereocenters. The smallest absolute Gasteiger partial charge is 0.340 e. The average Bonchev–Trinajstić information content (AvgIpc) is 3.01. The van der Waals surface area contributed by atoms with Gasteiger partial charge in [-0.2, -0.15) is 0 Å². The topological polar surface area (TPSA) is 230 Å². The predicted molar refractivity (Wildman–Crippen MR) is 153 cm³/mol. The molecule has 0 aromatic heterocycles. The van der Waals surface area contributed by atoms with E-state index in [0.29, 0.717) is 11.1 Å². The van der Waals surface area contributed by atoms with Crippen molar-refractivity contribution in [3.8, 4) is 28.7 Å². The highest BCUT2D eigenvalue weighted by Crippen LogP contribution is 2.36. The Labute approximate surface area is 254 Å². The highest BCUT2D eigenvalue weighted by Gasteiger charge is 2.49. The number of rotatable bonds is 9. The fourth-order valence-electron chi connectivity index (χ4n) is 4.04. The van der Waals surface area contributed by atoms with E-state index in [1.54, 1.807) is 0 Å². The SMILES string of the molecule is O=C(/C=C/c1ccc(O)cc1)OC[C@@H]1O[C@H](OC(=O)c2cc(O)c(O)c(O)c2)[C@@H](OC(=O)/C=C/c2ccc(O)cc2)[C@H](O)[C@H]1O. The molecule has 0 unspecified atom stereocenters. The number of benzene rings is 3. The number of phenols is 5. The summed E-state index contributed by atoms with van der Waals surface area (Å²) in [6, 6.07) is 13.2. The van der Waals surface area contributed by atoms with Gasteiger partial charge in [-0.25, -0.2) is 14.4 Å². The van der Waals surface area contributed by atoms with Crippen molar-refractivity contribution in [1.29, 1.82) is 0 Å². The summed E-state index contributed by atoms with van der Waals surface area (Å²) in [7, 11) is 0. The lowest BCUT2D eigenvalue weighted by Gasteiger charge is -2.40. The Morgan fingerprint density at radius 2 is 1.22 bits per heavy atom. The zero-order valence-corrected chi connectivity index (χ0v) is 23.2. The van der Waals surface area contributed by atoms with Gasteiger partial charge in [0.25, 0.3) is 0 Å².